The van der Waals surface area contributed by atoms with E-state index in [0.29, 0.717) is 13.1 Å². The van der Waals surface area contributed by atoms with E-state index in [1.807, 2.05) is 0 Å². The third kappa shape index (κ3) is 10.8. The molecule has 0 spiro atoms. The molecule has 6 N–H and O–H groups in total. The van der Waals surface area contributed by atoms with Gasteiger partial charge in [-0.25, -0.2) is 18.4 Å². The lowest BCUT2D eigenvalue weighted by Crippen LogP contribution is -2.42. The summed E-state index contributed by atoms with van der Waals surface area (Å²) >= 11 is 0. The summed E-state index contributed by atoms with van der Waals surface area (Å²) in [4.78, 5) is 76.8. The van der Waals surface area contributed by atoms with Gasteiger partial charge in [-0.1, -0.05) is 18.2 Å². The zero-order valence-corrected chi connectivity index (χ0v) is 38.9. The topological polar surface area (TPSA) is 321 Å². The molecule has 0 radical (unpaired) electrons. The Balaban J connectivity index is 0.000000201. The van der Waals surface area contributed by atoms with Gasteiger partial charge in [0.2, 0.25) is 12.6 Å². The van der Waals surface area contributed by atoms with Crippen LogP contribution in [0.25, 0.3) is 0 Å². The van der Waals surface area contributed by atoms with Gasteiger partial charge >= 0.3 is 42.6 Å². The molecular weight excluding hydrogens is 990 g/mol. The van der Waals surface area contributed by atoms with Crippen LogP contribution >= 0.6 is 30.4 Å². The number of amides is 2. The molecule has 2 aromatic carbocycles. The van der Waals surface area contributed by atoms with Crippen LogP contribution in [0, 0.1) is 11.6 Å². The number of aliphatic hydroxyl groups is 2. The predicted molar refractivity (Wildman–Crippen MR) is 228 cm³/mol. The zero-order valence-electron chi connectivity index (χ0n) is 35.3. The Morgan fingerprint density at radius 1 is 0.632 bits per heavy atom. The van der Waals surface area contributed by atoms with Crippen molar-refractivity contribution in [1.82, 2.24) is 19.8 Å². The maximum Gasteiger partial charge on any atom is 0.415 e. The molecule has 2 aromatic heterocycles. The predicted octanol–water partition coefficient (Wildman–Crippen LogP) is 5.87. The highest BCUT2D eigenvalue weighted by atomic mass is 31.2. The first-order valence-electron chi connectivity index (χ1n) is 20.4. The molecule has 4 aromatic rings. The van der Waals surface area contributed by atoms with E-state index in [2.05, 4.69) is 9.97 Å². The van der Waals surface area contributed by atoms with E-state index < -0.39 is 107 Å². The Hall–Kier alpha value is -4.38. The normalized spacial score (nSPS) is 31.8. The molecule has 4 saturated heterocycles. The van der Waals surface area contributed by atoms with Crippen molar-refractivity contribution in [3.05, 3.63) is 119 Å². The molecular formula is C39H44F2N4O19P4. The van der Waals surface area contributed by atoms with Crippen molar-refractivity contribution in [2.75, 3.05) is 39.4 Å². The highest BCUT2D eigenvalue weighted by Gasteiger charge is 2.68. The Kier molecular flexibility index (Phi) is 15.5. The Labute approximate surface area is 385 Å². The summed E-state index contributed by atoms with van der Waals surface area (Å²) in [7, 11) is -21.1. The number of rotatable bonds is 8. The van der Waals surface area contributed by atoms with Crippen LogP contribution in [0.15, 0.2) is 85.5 Å². The van der Waals surface area contributed by atoms with Crippen LogP contribution < -0.4 is 9.47 Å². The second kappa shape index (κ2) is 20.5. The molecule has 0 aliphatic carbocycles. The van der Waals surface area contributed by atoms with Gasteiger partial charge in [-0.2, -0.15) is 0 Å². The van der Waals surface area contributed by atoms with Gasteiger partial charge in [0.1, 0.15) is 11.6 Å². The molecule has 4 unspecified atom stereocenters. The molecule has 368 valence electrons. The summed E-state index contributed by atoms with van der Waals surface area (Å²) in [6, 6.07) is 12.0. The minimum Gasteiger partial charge on any atom is -0.410 e. The molecule has 4 aliphatic rings. The van der Waals surface area contributed by atoms with Crippen LogP contribution in [0.5, 0.6) is 11.5 Å². The fraction of sp³-hybridized carbons (Fsp3) is 0.385. The minimum absolute atomic E-state index is 0.139. The van der Waals surface area contributed by atoms with Crippen molar-refractivity contribution in [3.8, 4) is 11.5 Å². The van der Waals surface area contributed by atoms with E-state index in [9.17, 15) is 66.4 Å². The van der Waals surface area contributed by atoms with Crippen LogP contribution in [0.3, 0.4) is 0 Å². The lowest BCUT2D eigenvalue weighted by molar-refractivity contribution is -0.0601. The lowest BCUT2D eigenvalue weighted by atomic mass is 10.1. The summed E-state index contributed by atoms with van der Waals surface area (Å²) in [5.74, 6) is -2.99. The third-order valence-electron chi connectivity index (χ3n) is 10.8. The van der Waals surface area contributed by atoms with Crippen molar-refractivity contribution >= 4 is 42.6 Å². The molecule has 4 atom stereocenters. The molecule has 23 nitrogen and oxygen atoms in total. The second-order valence-electron chi connectivity index (χ2n) is 15.5. The number of nitrogens with zero attached hydrogens (tertiary/aromatic N) is 4. The minimum atomic E-state index is -5.31. The monoisotopic (exact) mass is 1030 g/mol. The average molecular weight is 1030 g/mol. The number of para-hydroxylation sites is 1. The average Bonchev–Trinajstić information content (AvgIpc) is 3.29. The van der Waals surface area contributed by atoms with Crippen LogP contribution in [-0.2, 0) is 53.9 Å². The van der Waals surface area contributed by atoms with E-state index in [1.165, 1.54) is 64.9 Å². The molecule has 29 heteroatoms. The van der Waals surface area contributed by atoms with Gasteiger partial charge in [0.25, 0.3) is 10.2 Å². The number of halogens is 2. The van der Waals surface area contributed by atoms with Crippen molar-refractivity contribution in [2.45, 2.75) is 54.9 Å². The van der Waals surface area contributed by atoms with E-state index in [1.54, 1.807) is 0 Å². The van der Waals surface area contributed by atoms with E-state index >= 15 is 0 Å². The lowest BCUT2D eigenvalue weighted by Gasteiger charge is -2.41. The second-order valence-corrected chi connectivity index (χ2v) is 24.2. The van der Waals surface area contributed by atoms with Crippen molar-refractivity contribution < 1.29 is 98.7 Å². The number of hydrogen-bond acceptors (Lipinski definition) is 17. The van der Waals surface area contributed by atoms with Crippen LogP contribution in [0.4, 0.5) is 18.4 Å². The van der Waals surface area contributed by atoms with Gasteiger partial charge in [0.05, 0.1) is 18.8 Å². The molecule has 2 amide bonds. The molecule has 0 saturated carbocycles. The number of morpholine rings is 1. The van der Waals surface area contributed by atoms with Crippen LogP contribution in [0.1, 0.15) is 54.1 Å². The number of hydrogen-bond donors (Lipinski definition) is 6. The Morgan fingerprint density at radius 3 is 1.60 bits per heavy atom. The number of piperidine rings is 1. The molecule has 6 heterocycles. The number of likely N-dealkylation sites (tertiary alicyclic amines) is 1. The first-order chi connectivity index (χ1) is 32.1. The summed E-state index contributed by atoms with van der Waals surface area (Å²) in [6.45, 7) is 1.96. The van der Waals surface area contributed by atoms with Gasteiger partial charge in [0, 0.05) is 75.4 Å². The zero-order chi connectivity index (χ0) is 49.1. The van der Waals surface area contributed by atoms with E-state index in [0.717, 1.165) is 49.6 Å². The number of pyridine rings is 2. The maximum atomic E-state index is 14.8. The number of aromatic nitrogens is 2. The molecule has 8 rings (SSSR count). The molecule has 68 heavy (non-hydrogen) atoms. The van der Waals surface area contributed by atoms with Gasteiger partial charge < -0.3 is 53.8 Å². The fourth-order valence-corrected chi connectivity index (χ4v) is 14.2. The van der Waals surface area contributed by atoms with Gasteiger partial charge in [-0.05, 0) is 66.8 Å². The summed E-state index contributed by atoms with van der Waals surface area (Å²) in [6.07, 6.45) is 0.626. The quantitative estimate of drug-likeness (QED) is 0.112. The smallest absolute Gasteiger partial charge is 0.410 e. The van der Waals surface area contributed by atoms with Gasteiger partial charge in [0.15, 0.2) is 11.6 Å². The van der Waals surface area contributed by atoms with E-state index in [-0.39, 0.29) is 43.2 Å². The van der Waals surface area contributed by atoms with E-state index in [4.69, 9.17) is 32.3 Å². The molecule has 4 fully saturated rings. The number of benzene rings is 2. The molecule has 4 aliphatic heterocycles. The molecule has 0 bridgehead atoms. The first-order valence-corrected chi connectivity index (χ1v) is 26.7. The summed E-state index contributed by atoms with van der Waals surface area (Å²) < 4.78 is 116. The summed E-state index contributed by atoms with van der Waals surface area (Å²) in [5, 5.41) is 15.1. The number of carbonyl (C=O) groups excluding carboxylic acids is 2. The Morgan fingerprint density at radius 2 is 1.12 bits per heavy atom. The standard InChI is InChI=1S/C20H23FN2O9P2.C19H21FN2O10P2/c21-17-11-15(30-19(24)23-9-2-1-3-10-23)6-7-16(17)18-31-33(26,27)20(25,34(28,29)32-18)12-14-5-4-8-22-13-14;20-15-5-1-4-14(16(15)30-18(23)22-7-9-29-10-8-22)17-31-33(25,26)19(24,34(27,28)32-17)11-13-3-2-6-21-12-13/h4-8,11,13,18,25H,1-3,9-10,12H2,(H,26,27)(H,28,29);1-6,12,17,24H,7-11H2,(H,25,26)(H,27,28). The van der Waals surface area contributed by atoms with Crippen molar-refractivity contribution in [3.63, 3.8) is 0 Å². The SMILES string of the molecule is O=C(Oc1c(F)cccc1C1OP(=O)(O)C(O)(Cc2cccnc2)P(=O)(O)O1)N1CCOCC1.O=C(Oc1ccc(C2OP(=O)(O)C(O)(Cc3cccnc3)P(=O)(O)O2)c(F)c1)N1CCCCC1. The van der Waals surface area contributed by atoms with Gasteiger partial charge in [-0.15, -0.1) is 0 Å². The van der Waals surface area contributed by atoms with Gasteiger partial charge in [-0.3, -0.25) is 46.3 Å². The Bertz CT molecular complexity index is 2630. The highest BCUT2D eigenvalue weighted by molar-refractivity contribution is 7.73. The van der Waals surface area contributed by atoms with Crippen LogP contribution in [-0.4, -0.2) is 111 Å². The maximum absolute atomic E-state index is 14.8. The van der Waals surface area contributed by atoms with Crippen LogP contribution in [0.2, 0.25) is 0 Å². The highest BCUT2D eigenvalue weighted by Crippen LogP contribution is 2.80. The number of ether oxygens (including phenoxy) is 3. The number of carbonyl (C=O) groups is 2. The first kappa shape index (κ1) is 51.5. The fourth-order valence-electron chi connectivity index (χ4n) is 7.12. The summed E-state index contributed by atoms with van der Waals surface area (Å²) in [5.41, 5.74) is -0.603. The third-order valence-corrected chi connectivity index (χ3v) is 20.0. The largest absolute Gasteiger partial charge is 0.415 e. The van der Waals surface area contributed by atoms with Crippen molar-refractivity contribution in [1.29, 1.82) is 0 Å². The van der Waals surface area contributed by atoms with Crippen molar-refractivity contribution in [2.24, 2.45) is 0 Å².